The Hall–Kier alpha value is -2.29. The molecule has 28 heavy (non-hydrogen) atoms. The van der Waals surface area contributed by atoms with Crippen LogP contribution in [0.5, 0.6) is 0 Å². The van der Waals surface area contributed by atoms with Gasteiger partial charge in [0.15, 0.2) is 0 Å². The summed E-state index contributed by atoms with van der Waals surface area (Å²) in [7, 11) is 0. The number of alkyl halides is 2. The van der Waals surface area contributed by atoms with Crippen LogP contribution in [0.3, 0.4) is 0 Å². The number of rotatable bonds is 4. The minimum Gasteiger partial charge on any atom is -0.378 e. The van der Waals surface area contributed by atoms with Gasteiger partial charge < -0.3 is 15.0 Å². The lowest BCUT2D eigenvalue weighted by atomic mass is 9.92. The molecule has 1 N–H and O–H groups in total. The van der Waals surface area contributed by atoms with Gasteiger partial charge in [0.05, 0.1) is 18.9 Å². The van der Waals surface area contributed by atoms with Crippen molar-refractivity contribution in [2.75, 3.05) is 36.5 Å². The summed E-state index contributed by atoms with van der Waals surface area (Å²) in [4.78, 5) is 11.4. The zero-order valence-corrected chi connectivity index (χ0v) is 16.3. The van der Waals surface area contributed by atoms with Crippen LogP contribution in [0.1, 0.15) is 37.1 Å². The molecule has 0 bridgehead atoms. The third-order valence-electron chi connectivity index (χ3n) is 5.23. The summed E-state index contributed by atoms with van der Waals surface area (Å²) in [5.74, 6) is -0.860. The molecular weight excluding hydrogens is 366 g/mol. The first kappa shape index (κ1) is 19.0. The lowest BCUT2D eigenvalue weighted by molar-refractivity contribution is -0.0373. The molecule has 152 valence electrons. The van der Waals surface area contributed by atoms with Gasteiger partial charge in [-0.1, -0.05) is 0 Å². The van der Waals surface area contributed by atoms with Gasteiger partial charge in [0.25, 0.3) is 5.95 Å². The van der Waals surface area contributed by atoms with Gasteiger partial charge in [-0.15, -0.1) is 0 Å². The molecule has 0 aromatic carbocycles. The molecule has 1 saturated carbocycles. The van der Waals surface area contributed by atoms with E-state index in [2.05, 4.69) is 20.3 Å². The van der Waals surface area contributed by atoms with E-state index in [0.29, 0.717) is 37.8 Å². The van der Waals surface area contributed by atoms with E-state index in [-0.39, 0.29) is 18.9 Å². The van der Waals surface area contributed by atoms with Crippen molar-refractivity contribution in [1.82, 2.24) is 19.7 Å². The first-order valence-electron chi connectivity index (χ1n) is 9.79. The van der Waals surface area contributed by atoms with Gasteiger partial charge in [-0.2, -0.15) is 15.1 Å². The molecule has 1 aliphatic heterocycles. The van der Waals surface area contributed by atoms with E-state index in [1.165, 1.54) is 0 Å². The summed E-state index contributed by atoms with van der Waals surface area (Å²) < 4.78 is 34.8. The summed E-state index contributed by atoms with van der Waals surface area (Å²) in [5.41, 5.74) is 1.80. The van der Waals surface area contributed by atoms with Gasteiger partial charge in [-0.3, -0.25) is 0 Å². The van der Waals surface area contributed by atoms with Crippen LogP contribution in [0.4, 0.5) is 20.4 Å². The first-order valence-corrected chi connectivity index (χ1v) is 9.79. The Bertz CT molecular complexity index is 834. The fourth-order valence-electron chi connectivity index (χ4n) is 3.88. The van der Waals surface area contributed by atoms with Crippen LogP contribution in [-0.4, -0.2) is 58.0 Å². The maximum Gasteiger partial charge on any atom is 0.254 e. The van der Waals surface area contributed by atoms with Gasteiger partial charge >= 0.3 is 0 Å². The summed E-state index contributed by atoms with van der Waals surface area (Å²) in [6, 6.07) is 3.50. The number of aryl methyl sites for hydroxylation is 2. The van der Waals surface area contributed by atoms with Crippen molar-refractivity contribution in [3.8, 4) is 5.95 Å². The Morgan fingerprint density at radius 1 is 1.18 bits per heavy atom. The predicted molar refractivity (Wildman–Crippen MR) is 102 cm³/mol. The molecule has 0 radical (unpaired) electrons. The fourth-order valence-corrected chi connectivity index (χ4v) is 3.88. The Morgan fingerprint density at radius 3 is 2.64 bits per heavy atom. The van der Waals surface area contributed by atoms with Crippen LogP contribution in [0.25, 0.3) is 5.95 Å². The first-order chi connectivity index (χ1) is 13.4. The highest BCUT2D eigenvalue weighted by atomic mass is 19.3. The van der Waals surface area contributed by atoms with Crippen molar-refractivity contribution in [3.63, 3.8) is 0 Å². The average molecular weight is 392 g/mol. The van der Waals surface area contributed by atoms with Gasteiger partial charge in [-0.25, -0.2) is 13.5 Å². The number of morpholine rings is 1. The lowest BCUT2D eigenvalue weighted by Gasteiger charge is -2.31. The zero-order valence-electron chi connectivity index (χ0n) is 16.3. The smallest absolute Gasteiger partial charge is 0.254 e. The minimum absolute atomic E-state index is 0.0367. The van der Waals surface area contributed by atoms with Gasteiger partial charge in [-0.05, 0) is 32.8 Å². The fraction of sp³-hybridized carbons (Fsp3) is 0.632. The van der Waals surface area contributed by atoms with Gasteiger partial charge in [0, 0.05) is 43.7 Å². The number of hydrogen-bond donors (Lipinski definition) is 1. The second-order valence-electron chi connectivity index (χ2n) is 7.64. The molecule has 1 aliphatic carbocycles. The Balaban J connectivity index is 1.66. The highest BCUT2D eigenvalue weighted by Gasteiger charge is 2.36. The Kier molecular flexibility index (Phi) is 5.18. The number of hydrogen-bond acceptors (Lipinski definition) is 6. The van der Waals surface area contributed by atoms with Crippen molar-refractivity contribution in [2.24, 2.45) is 0 Å². The number of anilines is 2. The molecule has 2 aromatic rings. The van der Waals surface area contributed by atoms with Crippen molar-refractivity contribution in [1.29, 1.82) is 0 Å². The van der Waals surface area contributed by atoms with Crippen LogP contribution in [0, 0.1) is 13.8 Å². The molecule has 7 nitrogen and oxygen atoms in total. The average Bonchev–Trinajstić information content (AvgIpc) is 2.99. The molecule has 1 saturated heterocycles. The van der Waals surface area contributed by atoms with Crippen molar-refractivity contribution >= 4 is 11.6 Å². The highest BCUT2D eigenvalue weighted by molar-refractivity contribution is 5.52. The monoisotopic (exact) mass is 392 g/mol. The van der Waals surface area contributed by atoms with E-state index >= 15 is 0 Å². The van der Waals surface area contributed by atoms with E-state index in [1.54, 1.807) is 4.68 Å². The van der Waals surface area contributed by atoms with Gasteiger partial charge in [0.1, 0.15) is 11.6 Å². The molecule has 2 fully saturated rings. The van der Waals surface area contributed by atoms with Crippen LogP contribution in [0.15, 0.2) is 12.1 Å². The largest absolute Gasteiger partial charge is 0.378 e. The number of aromatic nitrogens is 4. The number of nitrogens with one attached hydrogen (secondary N) is 1. The summed E-state index contributed by atoms with van der Waals surface area (Å²) in [6.45, 7) is 6.59. The Labute approximate surface area is 163 Å². The Morgan fingerprint density at radius 2 is 1.96 bits per heavy atom. The quantitative estimate of drug-likeness (QED) is 0.862. The highest BCUT2D eigenvalue weighted by Crippen LogP contribution is 2.34. The second kappa shape index (κ2) is 7.62. The molecule has 4 rings (SSSR count). The SMILES string of the molecule is Cc1cc(C)n(-c2nc(NC3CCCC(F)(F)C3)cc(N3CCOCC3)n2)n1. The van der Waals surface area contributed by atoms with Crippen molar-refractivity contribution < 1.29 is 13.5 Å². The second-order valence-corrected chi connectivity index (χ2v) is 7.64. The molecule has 2 aliphatic rings. The topological polar surface area (TPSA) is 68.1 Å². The molecule has 1 unspecified atom stereocenters. The van der Waals surface area contributed by atoms with Crippen LogP contribution >= 0.6 is 0 Å². The maximum absolute atomic E-state index is 13.8. The van der Waals surface area contributed by atoms with Crippen LogP contribution in [0.2, 0.25) is 0 Å². The lowest BCUT2D eigenvalue weighted by Crippen LogP contribution is -2.37. The van der Waals surface area contributed by atoms with E-state index in [0.717, 1.165) is 30.3 Å². The summed E-state index contributed by atoms with van der Waals surface area (Å²) in [6.07, 6.45) is 1.02. The van der Waals surface area contributed by atoms with E-state index in [1.807, 2.05) is 26.0 Å². The third-order valence-corrected chi connectivity index (χ3v) is 5.23. The molecule has 2 aromatic heterocycles. The normalized spacial score (nSPS) is 22.3. The van der Waals surface area contributed by atoms with Crippen molar-refractivity contribution in [3.05, 3.63) is 23.5 Å². The number of ether oxygens (including phenoxy) is 1. The molecule has 0 amide bonds. The minimum atomic E-state index is -2.62. The van der Waals surface area contributed by atoms with E-state index in [9.17, 15) is 8.78 Å². The number of nitrogens with zero attached hydrogens (tertiary/aromatic N) is 5. The maximum atomic E-state index is 13.8. The molecular formula is C19H26F2N6O. The molecule has 3 heterocycles. The number of halogens is 2. The summed E-state index contributed by atoms with van der Waals surface area (Å²) >= 11 is 0. The summed E-state index contributed by atoms with van der Waals surface area (Å²) in [5, 5.41) is 7.70. The molecule has 0 spiro atoms. The molecule has 1 atom stereocenters. The van der Waals surface area contributed by atoms with E-state index < -0.39 is 5.92 Å². The zero-order chi connectivity index (χ0) is 19.7. The van der Waals surface area contributed by atoms with Crippen LogP contribution < -0.4 is 10.2 Å². The van der Waals surface area contributed by atoms with E-state index in [4.69, 9.17) is 9.72 Å². The van der Waals surface area contributed by atoms with Gasteiger partial charge in [0.2, 0.25) is 5.92 Å². The standard InChI is InChI=1S/C19H26F2N6O/c1-13-10-14(2)27(25-13)18-23-16(22-15-4-3-5-19(20,21)12-15)11-17(24-18)26-6-8-28-9-7-26/h10-11,15H,3-9,12H2,1-2H3,(H,22,23,24). The van der Waals surface area contributed by atoms with Crippen LogP contribution in [-0.2, 0) is 4.74 Å². The third kappa shape index (κ3) is 4.24. The predicted octanol–water partition coefficient (Wildman–Crippen LogP) is 3.11. The molecule has 9 heteroatoms. The van der Waals surface area contributed by atoms with Crippen molar-refractivity contribution in [2.45, 2.75) is 51.5 Å².